The average Bonchev–Trinajstić information content (AvgIpc) is 2.95. The fourth-order valence-electron chi connectivity index (χ4n) is 4.04. The molecule has 13 heteroatoms. The highest BCUT2D eigenvalue weighted by Gasteiger charge is 2.37. The van der Waals surface area contributed by atoms with Crippen molar-refractivity contribution in [2.24, 2.45) is 0 Å². The van der Waals surface area contributed by atoms with Crippen LogP contribution in [0, 0.1) is 5.82 Å². The van der Waals surface area contributed by atoms with Crippen LogP contribution in [0.25, 0.3) is 0 Å². The number of carbonyl (C=O) groups is 2. The molecule has 1 N–H and O–H groups in total. The van der Waals surface area contributed by atoms with Crippen molar-refractivity contribution < 1.29 is 35.6 Å². The molecule has 2 amide bonds. The molecule has 0 unspecified atom stereocenters. The van der Waals surface area contributed by atoms with Gasteiger partial charge in [0.15, 0.2) is 0 Å². The van der Waals surface area contributed by atoms with E-state index in [-0.39, 0.29) is 11.4 Å². The molecule has 3 aromatic carbocycles. The van der Waals surface area contributed by atoms with Crippen LogP contribution < -0.4 is 9.62 Å². The quantitative estimate of drug-likeness (QED) is 0.196. The maximum absolute atomic E-state index is 13.8. The van der Waals surface area contributed by atoms with E-state index in [1.807, 2.05) is 6.92 Å². The summed E-state index contributed by atoms with van der Waals surface area (Å²) in [6, 6.07) is 13.5. The fourth-order valence-corrected chi connectivity index (χ4v) is 5.69. The van der Waals surface area contributed by atoms with E-state index in [0.29, 0.717) is 28.9 Å². The summed E-state index contributed by atoms with van der Waals surface area (Å²) in [6.45, 7) is 2.59. The van der Waals surface area contributed by atoms with Gasteiger partial charge in [0.1, 0.15) is 18.4 Å². The predicted octanol–water partition coefficient (Wildman–Crippen LogP) is 6.03. The van der Waals surface area contributed by atoms with Crippen molar-refractivity contribution in [2.75, 3.05) is 17.4 Å². The van der Waals surface area contributed by atoms with Gasteiger partial charge < -0.3 is 10.2 Å². The van der Waals surface area contributed by atoms with Crippen LogP contribution in [0.1, 0.15) is 37.8 Å². The number of anilines is 1. The van der Waals surface area contributed by atoms with Crippen molar-refractivity contribution in [3.05, 3.63) is 94.8 Å². The molecule has 0 radical (unpaired) electrons. The first-order valence-electron chi connectivity index (χ1n) is 13.0. The van der Waals surface area contributed by atoms with Gasteiger partial charge in [-0.25, -0.2) is 12.8 Å². The zero-order valence-corrected chi connectivity index (χ0v) is 24.4. The standard InChI is InChI=1S/C29H30ClF4N3O4S/c1-3-4-16-35-28(39)20(2)36(18-21-10-12-22(31)13-11-21)27(38)19-37(42(40,41)24-8-6-5-7-9-24)23-14-15-26(30)25(17-23)29(32,33)34/h5-15,17,20H,3-4,16,18-19H2,1-2H3,(H,35,39)/t20-/m1/s1. The lowest BCUT2D eigenvalue weighted by atomic mass is 10.1. The highest BCUT2D eigenvalue weighted by atomic mass is 35.5. The number of rotatable bonds is 12. The smallest absolute Gasteiger partial charge is 0.354 e. The van der Waals surface area contributed by atoms with E-state index in [1.54, 1.807) is 6.07 Å². The molecule has 3 rings (SSSR count). The first-order valence-corrected chi connectivity index (χ1v) is 14.8. The predicted molar refractivity (Wildman–Crippen MR) is 152 cm³/mol. The van der Waals surface area contributed by atoms with Gasteiger partial charge >= 0.3 is 6.18 Å². The van der Waals surface area contributed by atoms with Gasteiger partial charge in [0.05, 0.1) is 21.2 Å². The minimum Gasteiger partial charge on any atom is -0.354 e. The van der Waals surface area contributed by atoms with Crippen LogP contribution in [0.3, 0.4) is 0 Å². The molecule has 0 saturated heterocycles. The minimum atomic E-state index is -4.90. The van der Waals surface area contributed by atoms with Crippen LogP contribution in [-0.2, 0) is 32.3 Å². The normalized spacial score (nSPS) is 12.5. The molecule has 0 saturated carbocycles. The van der Waals surface area contributed by atoms with E-state index in [1.165, 1.54) is 55.5 Å². The summed E-state index contributed by atoms with van der Waals surface area (Å²) in [5, 5.41) is 2.07. The molecule has 226 valence electrons. The van der Waals surface area contributed by atoms with Crippen LogP contribution in [0.5, 0.6) is 0 Å². The van der Waals surface area contributed by atoms with Crippen LogP contribution in [0.4, 0.5) is 23.2 Å². The number of hydrogen-bond acceptors (Lipinski definition) is 4. The highest BCUT2D eigenvalue weighted by Crippen LogP contribution is 2.38. The number of nitrogens with one attached hydrogen (secondary N) is 1. The molecule has 1 atom stereocenters. The SMILES string of the molecule is CCCCNC(=O)[C@@H](C)N(Cc1ccc(F)cc1)C(=O)CN(c1ccc(Cl)c(C(F)(F)F)c1)S(=O)(=O)c1ccccc1. The van der Waals surface area contributed by atoms with Crippen molar-refractivity contribution in [2.45, 2.75) is 50.3 Å². The Bertz CT molecular complexity index is 1490. The summed E-state index contributed by atoms with van der Waals surface area (Å²) in [7, 11) is -4.57. The second kappa shape index (κ2) is 14.0. The topological polar surface area (TPSA) is 86.8 Å². The zero-order valence-electron chi connectivity index (χ0n) is 22.9. The maximum Gasteiger partial charge on any atom is 0.417 e. The summed E-state index contributed by atoms with van der Waals surface area (Å²) < 4.78 is 82.6. The van der Waals surface area contributed by atoms with Crippen molar-refractivity contribution in [3.8, 4) is 0 Å². The lowest BCUT2D eigenvalue weighted by Gasteiger charge is -2.32. The van der Waals surface area contributed by atoms with Crippen LogP contribution in [-0.4, -0.2) is 44.3 Å². The second-order valence-corrected chi connectivity index (χ2v) is 11.7. The van der Waals surface area contributed by atoms with Crippen molar-refractivity contribution in [1.82, 2.24) is 10.2 Å². The number of amides is 2. The van der Waals surface area contributed by atoms with Crippen molar-refractivity contribution in [1.29, 1.82) is 0 Å². The van der Waals surface area contributed by atoms with E-state index < -0.39 is 62.7 Å². The molecule has 0 aliphatic heterocycles. The van der Waals surface area contributed by atoms with Gasteiger partial charge in [-0.3, -0.25) is 13.9 Å². The molecule has 0 heterocycles. The van der Waals surface area contributed by atoms with E-state index in [2.05, 4.69) is 5.32 Å². The Morgan fingerprint density at radius 3 is 2.24 bits per heavy atom. The third kappa shape index (κ3) is 8.22. The number of nitrogens with zero attached hydrogens (tertiary/aromatic N) is 2. The molecule has 7 nitrogen and oxygen atoms in total. The van der Waals surface area contributed by atoms with E-state index in [9.17, 15) is 35.6 Å². The largest absolute Gasteiger partial charge is 0.417 e. The first kappa shape index (κ1) is 32.9. The van der Waals surface area contributed by atoms with Crippen LogP contribution in [0.2, 0.25) is 5.02 Å². The van der Waals surface area contributed by atoms with Gasteiger partial charge in [-0.2, -0.15) is 13.2 Å². The maximum atomic E-state index is 13.8. The number of carbonyl (C=O) groups excluding carboxylic acids is 2. The summed E-state index contributed by atoms with van der Waals surface area (Å²) in [5.41, 5.74) is -1.29. The first-order chi connectivity index (χ1) is 19.8. The fraction of sp³-hybridized carbons (Fsp3) is 0.310. The number of benzene rings is 3. The third-order valence-electron chi connectivity index (χ3n) is 6.42. The Labute approximate surface area is 247 Å². The summed E-state index contributed by atoms with van der Waals surface area (Å²) >= 11 is 5.77. The molecule has 0 bridgehead atoms. The summed E-state index contributed by atoms with van der Waals surface area (Å²) in [6.07, 6.45) is -3.41. The van der Waals surface area contributed by atoms with Gasteiger partial charge in [-0.05, 0) is 61.4 Å². The Morgan fingerprint density at radius 2 is 1.64 bits per heavy atom. The number of hydrogen-bond donors (Lipinski definition) is 1. The van der Waals surface area contributed by atoms with Gasteiger partial charge in [0.25, 0.3) is 10.0 Å². The lowest BCUT2D eigenvalue weighted by Crippen LogP contribution is -2.51. The third-order valence-corrected chi connectivity index (χ3v) is 8.53. The summed E-state index contributed by atoms with van der Waals surface area (Å²) in [5.74, 6) is -1.91. The molecular weight excluding hydrogens is 598 g/mol. The lowest BCUT2D eigenvalue weighted by molar-refractivity contribution is -0.139. The van der Waals surface area contributed by atoms with Gasteiger partial charge in [0.2, 0.25) is 11.8 Å². The van der Waals surface area contributed by atoms with E-state index in [0.717, 1.165) is 23.5 Å². The zero-order chi connectivity index (χ0) is 31.1. The molecule has 0 aromatic heterocycles. The average molecular weight is 628 g/mol. The Kier molecular flexibility index (Phi) is 11.0. The van der Waals surface area contributed by atoms with E-state index in [4.69, 9.17) is 11.6 Å². The van der Waals surface area contributed by atoms with E-state index >= 15 is 0 Å². The number of alkyl halides is 3. The molecule has 0 fully saturated rings. The molecular formula is C29H30ClF4N3O4S. The molecule has 42 heavy (non-hydrogen) atoms. The van der Waals surface area contributed by atoms with Crippen molar-refractivity contribution >= 4 is 39.1 Å². The Morgan fingerprint density at radius 1 is 1.00 bits per heavy atom. The van der Waals surface area contributed by atoms with Crippen LogP contribution >= 0.6 is 11.6 Å². The summed E-state index contributed by atoms with van der Waals surface area (Å²) in [4.78, 5) is 27.6. The number of unbranched alkanes of at least 4 members (excludes halogenated alkanes) is 1. The molecule has 0 aliphatic carbocycles. The molecule has 0 aliphatic rings. The van der Waals surface area contributed by atoms with Crippen molar-refractivity contribution in [3.63, 3.8) is 0 Å². The molecule has 3 aromatic rings. The minimum absolute atomic E-state index is 0.199. The molecule has 0 spiro atoms. The van der Waals surface area contributed by atoms with Gasteiger partial charge in [0, 0.05) is 13.1 Å². The highest BCUT2D eigenvalue weighted by molar-refractivity contribution is 7.92. The number of sulfonamides is 1. The Hall–Kier alpha value is -3.64. The second-order valence-electron chi connectivity index (χ2n) is 9.46. The van der Waals surface area contributed by atoms with Gasteiger partial charge in [-0.1, -0.05) is 55.3 Å². The van der Waals surface area contributed by atoms with Gasteiger partial charge in [-0.15, -0.1) is 0 Å². The number of halogens is 5. The Balaban J connectivity index is 2.07. The van der Waals surface area contributed by atoms with Crippen LogP contribution in [0.15, 0.2) is 77.7 Å². The monoisotopic (exact) mass is 627 g/mol.